The number of carbonyl (C=O) groups is 3. The summed E-state index contributed by atoms with van der Waals surface area (Å²) in [6.45, 7) is 6.56. The van der Waals surface area contributed by atoms with Crippen LogP contribution in [-0.4, -0.2) is 37.2 Å². The second-order valence-corrected chi connectivity index (χ2v) is 21.7. The summed E-state index contributed by atoms with van der Waals surface area (Å²) in [5.74, 6) is -0.895. The van der Waals surface area contributed by atoms with Crippen molar-refractivity contribution >= 4 is 17.9 Å². The van der Waals surface area contributed by atoms with Crippen molar-refractivity contribution in [3.63, 3.8) is 0 Å². The Kier molecular flexibility index (Phi) is 60.7. The first-order chi connectivity index (χ1) is 37.0. The molecule has 0 aromatic heterocycles. The Morgan fingerprint density at radius 1 is 0.267 bits per heavy atom. The summed E-state index contributed by atoms with van der Waals surface area (Å²) in [6.07, 6.45) is 82.1. The van der Waals surface area contributed by atoms with E-state index in [1.165, 1.54) is 180 Å². The maximum atomic E-state index is 12.9. The van der Waals surface area contributed by atoms with Gasteiger partial charge in [0.2, 0.25) is 0 Å². The van der Waals surface area contributed by atoms with Gasteiger partial charge in [-0.1, -0.05) is 273 Å². The van der Waals surface area contributed by atoms with Gasteiger partial charge in [-0.2, -0.15) is 0 Å². The molecule has 1 atom stereocenters. The van der Waals surface area contributed by atoms with Gasteiger partial charge in [0.1, 0.15) is 13.2 Å². The van der Waals surface area contributed by atoms with E-state index in [1.54, 1.807) is 0 Å². The molecule has 0 aliphatic heterocycles. The van der Waals surface area contributed by atoms with Crippen molar-refractivity contribution in [3.05, 3.63) is 72.9 Å². The first-order valence-electron chi connectivity index (χ1n) is 32.4. The van der Waals surface area contributed by atoms with Gasteiger partial charge in [0, 0.05) is 19.3 Å². The van der Waals surface area contributed by atoms with Crippen LogP contribution in [0.4, 0.5) is 0 Å². The molecule has 0 aliphatic carbocycles. The Balaban J connectivity index is 4.13. The molecule has 434 valence electrons. The van der Waals surface area contributed by atoms with Gasteiger partial charge in [-0.15, -0.1) is 0 Å². The van der Waals surface area contributed by atoms with Gasteiger partial charge in [0.05, 0.1) is 0 Å². The number of hydrogen-bond donors (Lipinski definition) is 0. The zero-order valence-electron chi connectivity index (χ0n) is 49.8. The highest BCUT2D eigenvalue weighted by atomic mass is 16.6. The molecule has 0 aliphatic rings. The van der Waals surface area contributed by atoms with Crippen molar-refractivity contribution < 1.29 is 28.6 Å². The molecule has 0 N–H and O–H groups in total. The van der Waals surface area contributed by atoms with Crippen LogP contribution < -0.4 is 0 Å². The molecule has 0 spiro atoms. The van der Waals surface area contributed by atoms with E-state index in [4.69, 9.17) is 14.2 Å². The number of ether oxygens (including phenoxy) is 3. The maximum Gasteiger partial charge on any atom is 0.306 e. The Morgan fingerprint density at radius 2 is 0.507 bits per heavy atom. The minimum Gasteiger partial charge on any atom is -0.462 e. The predicted octanol–water partition coefficient (Wildman–Crippen LogP) is 22.1. The number of rotatable bonds is 59. The Morgan fingerprint density at radius 3 is 0.827 bits per heavy atom. The van der Waals surface area contributed by atoms with E-state index in [0.717, 1.165) is 109 Å². The molecule has 6 heteroatoms. The summed E-state index contributed by atoms with van der Waals surface area (Å²) < 4.78 is 16.9. The quantitative estimate of drug-likeness (QED) is 0.0261. The lowest BCUT2D eigenvalue weighted by Gasteiger charge is -2.18. The molecule has 0 rings (SSSR count). The zero-order chi connectivity index (χ0) is 54.3. The van der Waals surface area contributed by atoms with Crippen LogP contribution in [0.5, 0.6) is 0 Å². The number of allylic oxidation sites excluding steroid dienone is 12. The second-order valence-electron chi connectivity index (χ2n) is 21.7. The molecule has 75 heavy (non-hydrogen) atoms. The third kappa shape index (κ3) is 61.6. The van der Waals surface area contributed by atoms with Gasteiger partial charge in [-0.05, 0) is 109 Å². The molecule has 0 fully saturated rings. The highest BCUT2D eigenvalue weighted by Crippen LogP contribution is 2.17. The number of hydrogen-bond acceptors (Lipinski definition) is 6. The average Bonchev–Trinajstić information content (AvgIpc) is 3.41. The van der Waals surface area contributed by atoms with Gasteiger partial charge in [-0.3, -0.25) is 14.4 Å². The van der Waals surface area contributed by atoms with Gasteiger partial charge in [-0.25, -0.2) is 0 Å². The van der Waals surface area contributed by atoms with Crippen molar-refractivity contribution in [2.45, 2.75) is 335 Å². The third-order valence-electron chi connectivity index (χ3n) is 14.1. The largest absolute Gasteiger partial charge is 0.462 e. The predicted molar refractivity (Wildman–Crippen MR) is 325 cm³/mol. The summed E-state index contributed by atoms with van der Waals surface area (Å²) in [6, 6.07) is 0. The molecule has 1 unspecified atom stereocenters. The van der Waals surface area contributed by atoms with Gasteiger partial charge < -0.3 is 14.2 Å². The first-order valence-corrected chi connectivity index (χ1v) is 32.4. The molecule has 0 radical (unpaired) electrons. The van der Waals surface area contributed by atoms with Crippen molar-refractivity contribution in [2.75, 3.05) is 13.2 Å². The van der Waals surface area contributed by atoms with Crippen LogP contribution in [0.15, 0.2) is 72.9 Å². The summed E-state index contributed by atoms with van der Waals surface area (Å²) in [4.78, 5) is 38.2. The molecule has 0 amide bonds. The van der Waals surface area contributed by atoms with Crippen LogP contribution in [0.25, 0.3) is 0 Å². The second kappa shape index (κ2) is 63.4. The highest BCUT2D eigenvalue weighted by Gasteiger charge is 2.19. The third-order valence-corrected chi connectivity index (χ3v) is 14.1. The van der Waals surface area contributed by atoms with E-state index < -0.39 is 6.10 Å². The lowest BCUT2D eigenvalue weighted by atomic mass is 10.0. The van der Waals surface area contributed by atoms with E-state index >= 15 is 0 Å². The van der Waals surface area contributed by atoms with E-state index in [2.05, 4.69) is 93.7 Å². The van der Waals surface area contributed by atoms with Crippen LogP contribution in [0, 0.1) is 0 Å². The van der Waals surface area contributed by atoms with E-state index in [9.17, 15) is 14.4 Å². The van der Waals surface area contributed by atoms with Crippen LogP contribution in [0.3, 0.4) is 0 Å². The van der Waals surface area contributed by atoms with Crippen molar-refractivity contribution in [2.24, 2.45) is 0 Å². The van der Waals surface area contributed by atoms with Crippen LogP contribution in [0.1, 0.15) is 329 Å². The molecule has 0 aromatic rings. The average molecular weight is 1050 g/mol. The maximum absolute atomic E-state index is 12.9. The first kappa shape index (κ1) is 71.8. The number of esters is 3. The lowest BCUT2D eigenvalue weighted by molar-refractivity contribution is -0.167. The van der Waals surface area contributed by atoms with E-state index in [1.807, 2.05) is 0 Å². The summed E-state index contributed by atoms with van der Waals surface area (Å²) in [5.41, 5.74) is 0. The van der Waals surface area contributed by atoms with Gasteiger partial charge >= 0.3 is 17.9 Å². The fourth-order valence-electron chi connectivity index (χ4n) is 9.25. The number of unbranched alkanes of at least 4 members (excludes halogenated alkanes) is 36. The minimum atomic E-state index is -0.785. The van der Waals surface area contributed by atoms with Crippen molar-refractivity contribution in [3.8, 4) is 0 Å². The molecule has 0 aromatic carbocycles. The van der Waals surface area contributed by atoms with Crippen molar-refractivity contribution in [1.29, 1.82) is 0 Å². The molecule has 0 saturated carbocycles. The standard InChI is InChI=1S/C69H122O6/c1-4-7-10-13-16-19-22-24-26-28-29-30-31-32-33-34-35-36-37-38-39-40-41-42-44-45-47-50-53-56-59-62-68(71)74-65-66(64-73-67(70)61-58-55-52-49-21-18-15-12-9-6-3)75-69(72)63-60-57-54-51-48-46-43-27-25-23-20-17-14-11-8-5-2/h12,15,20,22-24,27-29,31-32,43,66H,4-11,13-14,16-19,21,25-26,30,33-42,44-65H2,1-3H3/b15-12-,23-20-,24-22-,29-28-,32-31-,43-27-. The normalized spacial score (nSPS) is 12.5. The molecule has 0 saturated heterocycles. The Labute approximate surface area is 465 Å². The summed E-state index contributed by atoms with van der Waals surface area (Å²) in [5, 5.41) is 0. The topological polar surface area (TPSA) is 78.9 Å². The van der Waals surface area contributed by atoms with Crippen LogP contribution >= 0.6 is 0 Å². The van der Waals surface area contributed by atoms with Crippen LogP contribution in [-0.2, 0) is 28.6 Å². The fourth-order valence-corrected chi connectivity index (χ4v) is 9.25. The molecule has 0 heterocycles. The summed E-state index contributed by atoms with van der Waals surface area (Å²) >= 11 is 0. The SMILES string of the molecule is CCC/C=C\CCCCCCCC(=O)OCC(COC(=O)CCCCCCCCCCCCCCCCCC/C=C\C/C=C\C/C=C\CCCCCCC)OC(=O)CCCCCCC/C=C\C/C=C\CCCCCC. The fraction of sp³-hybridized carbons (Fsp3) is 0.783. The van der Waals surface area contributed by atoms with Crippen molar-refractivity contribution in [1.82, 2.24) is 0 Å². The van der Waals surface area contributed by atoms with E-state index in [0.29, 0.717) is 19.3 Å². The molecule has 6 nitrogen and oxygen atoms in total. The zero-order valence-corrected chi connectivity index (χ0v) is 49.8. The molecule has 0 bridgehead atoms. The monoisotopic (exact) mass is 1050 g/mol. The van der Waals surface area contributed by atoms with E-state index in [-0.39, 0.29) is 31.1 Å². The minimum absolute atomic E-state index is 0.0817. The Bertz CT molecular complexity index is 1390. The molecular formula is C69H122O6. The van der Waals surface area contributed by atoms with Crippen LogP contribution in [0.2, 0.25) is 0 Å². The highest BCUT2D eigenvalue weighted by molar-refractivity contribution is 5.71. The Hall–Kier alpha value is -3.15. The summed E-state index contributed by atoms with van der Waals surface area (Å²) in [7, 11) is 0. The van der Waals surface area contributed by atoms with Gasteiger partial charge in [0.15, 0.2) is 6.10 Å². The smallest absolute Gasteiger partial charge is 0.306 e. The lowest BCUT2D eigenvalue weighted by Crippen LogP contribution is -2.30. The number of carbonyl (C=O) groups excluding carboxylic acids is 3. The molecular weight excluding hydrogens is 925 g/mol. The van der Waals surface area contributed by atoms with Gasteiger partial charge in [0.25, 0.3) is 0 Å².